The van der Waals surface area contributed by atoms with Crippen LogP contribution in [0.25, 0.3) is 42.7 Å². The minimum Gasteiger partial charge on any atom is -0.482 e. The van der Waals surface area contributed by atoms with E-state index in [4.69, 9.17) is 17.9 Å². The Morgan fingerprint density at radius 3 is 1.72 bits per heavy atom. The van der Waals surface area contributed by atoms with E-state index in [-0.39, 0.29) is 44.5 Å². The van der Waals surface area contributed by atoms with Gasteiger partial charge < -0.3 is 4.74 Å². The Morgan fingerprint density at radius 1 is 0.740 bits per heavy atom. The number of allylic oxidation sites excluding steroid dienone is 5. The number of thiophene rings is 2. The molecular formula is C37H14F4N4O3S2. The Morgan fingerprint density at radius 2 is 1.20 bits per heavy atom. The van der Waals surface area contributed by atoms with Crippen LogP contribution in [0.5, 0.6) is 5.75 Å². The van der Waals surface area contributed by atoms with E-state index in [1.807, 2.05) is 13.8 Å². The summed E-state index contributed by atoms with van der Waals surface area (Å²) in [6.07, 6.45) is 2.89. The zero-order chi connectivity index (χ0) is 35.8. The molecule has 0 bridgehead atoms. The first kappa shape index (κ1) is 32.2. The summed E-state index contributed by atoms with van der Waals surface area (Å²) in [7, 11) is 0. The standard InChI is InChI=1S/C37H14F4N4O3S2/c1-37(2)24-7-16(5-22-30(15(13-42)14-43)18-9-25(38)27(40)11-20(18)32(22)46)49-34(24)35-29(48-37)8-17(50-35)6-23-31(36(44-3)45-4)19-10-26(39)28(41)12-21(19)33(23)47/h5-12H,1-2H3/b22-5-,23-6-. The van der Waals surface area contributed by atoms with Crippen molar-refractivity contribution in [1.82, 2.24) is 0 Å². The van der Waals surface area contributed by atoms with Crippen molar-refractivity contribution in [2.45, 2.75) is 19.4 Å². The normalized spacial score (nSPS) is 16.5. The van der Waals surface area contributed by atoms with E-state index in [0.29, 0.717) is 25.9 Å². The first-order valence-corrected chi connectivity index (χ1v) is 16.0. The third-order valence-electron chi connectivity index (χ3n) is 8.35. The topological polar surface area (TPSA) is 99.7 Å². The van der Waals surface area contributed by atoms with Crippen molar-refractivity contribution in [2.24, 2.45) is 0 Å². The van der Waals surface area contributed by atoms with Crippen LogP contribution in [0, 0.1) is 59.1 Å². The Bertz CT molecular complexity index is 2600. The summed E-state index contributed by atoms with van der Waals surface area (Å²) in [5.74, 6) is -6.38. The summed E-state index contributed by atoms with van der Waals surface area (Å²) >= 11 is 2.46. The van der Waals surface area contributed by atoms with Gasteiger partial charge >= 0.3 is 5.82 Å². The number of hydrogen-bond donors (Lipinski definition) is 0. The molecule has 3 heterocycles. The van der Waals surface area contributed by atoms with Gasteiger partial charge in [-0.05, 0) is 73.5 Å². The van der Waals surface area contributed by atoms with Crippen LogP contribution in [0.3, 0.4) is 0 Å². The summed E-state index contributed by atoms with van der Waals surface area (Å²) in [5.41, 5.74) is -1.51. The largest absolute Gasteiger partial charge is 0.528 e. The minimum atomic E-state index is -1.25. The molecular weight excluding hydrogens is 689 g/mol. The number of benzene rings is 2. The fourth-order valence-electron chi connectivity index (χ4n) is 6.16. The number of nitriles is 2. The van der Waals surface area contributed by atoms with E-state index in [9.17, 15) is 37.7 Å². The van der Waals surface area contributed by atoms with Crippen molar-refractivity contribution >= 4 is 57.5 Å². The highest BCUT2D eigenvalue weighted by Gasteiger charge is 2.40. The molecule has 0 amide bonds. The van der Waals surface area contributed by atoms with Gasteiger partial charge in [0.25, 0.3) is 0 Å². The fourth-order valence-corrected chi connectivity index (χ4v) is 8.59. The molecule has 0 radical (unpaired) electrons. The van der Waals surface area contributed by atoms with E-state index in [2.05, 4.69) is 9.69 Å². The second-order valence-electron chi connectivity index (χ2n) is 11.6. The first-order chi connectivity index (χ1) is 23.8. The van der Waals surface area contributed by atoms with Gasteiger partial charge in [-0.25, -0.2) is 17.6 Å². The Hall–Kier alpha value is -6.38. The van der Waals surface area contributed by atoms with Gasteiger partial charge in [0, 0.05) is 43.2 Å². The lowest BCUT2D eigenvalue weighted by Gasteiger charge is -2.31. The van der Waals surface area contributed by atoms with E-state index in [0.717, 1.165) is 29.1 Å². The number of halogens is 4. The van der Waals surface area contributed by atoms with Crippen molar-refractivity contribution in [3.8, 4) is 27.6 Å². The molecule has 7 nitrogen and oxygen atoms in total. The molecule has 1 aliphatic heterocycles. The van der Waals surface area contributed by atoms with Crippen molar-refractivity contribution in [3.05, 3.63) is 143 Å². The summed E-state index contributed by atoms with van der Waals surface area (Å²) < 4.78 is 63.1. The van der Waals surface area contributed by atoms with Gasteiger partial charge in [-0.2, -0.15) is 20.2 Å². The number of carbonyl (C=O) groups excluding carboxylic acids is 2. The van der Waals surface area contributed by atoms with Crippen LogP contribution < -0.4 is 4.74 Å². The predicted octanol–water partition coefficient (Wildman–Crippen LogP) is 9.53. The summed E-state index contributed by atoms with van der Waals surface area (Å²) in [6.45, 7) is 18.6. The van der Waals surface area contributed by atoms with E-state index in [1.54, 1.807) is 24.3 Å². The van der Waals surface area contributed by atoms with Crippen LogP contribution >= 0.6 is 22.7 Å². The molecule has 0 atom stereocenters. The van der Waals surface area contributed by atoms with Gasteiger partial charge in [-0.15, -0.1) is 22.7 Å². The van der Waals surface area contributed by atoms with Crippen LogP contribution in [-0.2, 0) is 5.60 Å². The Balaban J connectivity index is 1.36. The molecule has 0 N–H and O–H groups in total. The van der Waals surface area contributed by atoms with Crippen LogP contribution in [0.15, 0.2) is 58.9 Å². The monoisotopic (exact) mass is 702 g/mol. The second-order valence-corrected chi connectivity index (χ2v) is 13.8. The molecule has 4 aromatic rings. The van der Waals surface area contributed by atoms with Crippen molar-refractivity contribution in [2.75, 3.05) is 0 Å². The highest BCUT2D eigenvalue weighted by atomic mass is 32.1. The third kappa shape index (κ3) is 4.72. The van der Waals surface area contributed by atoms with Crippen molar-refractivity contribution in [3.63, 3.8) is 0 Å². The number of ketones is 2. The number of hydrogen-bond acceptors (Lipinski definition) is 7. The van der Waals surface area contributed by atoms with Crippen LogP contribution in [0.1, 0.15) is 61.0 Å². The van der Waals surface area contributed by atoms with Crippen molar-refractivity contribution in [1.29, 1.82) is 10.5 Å². The zero-order valence-electron chi connectivity index (χ0n) is 25.5. The van der Waals surface area contributed by atoms with Crippen LogP contribution in [0.2, 0.25) is 0 Å². The average Bonchev–Trinajstić information content (AvgIpc) is 3.81. The molecule has 0 unspecified atom stereocenters. The Kier molecular flexibility index (Phi) is 7.31. The molecule has 0 fully saturated rings. The number of nitrogens with zero attached hydrogens (tertiary/aromatic N) is 4. The third-order valence-corrected chi connectivity index (χ3v) is 10.7. The maximum absolute atomic E-state index is 14.2. The maximum Gasteiger partial charge on any atom is 0.528 e. The second kappa shape index (κ2) is 11.4. The van der Waals surface area contributed by atoms with Crippen molar-refractivity contribution < 1.29 is 31.9 Å². The molecule has 2 aliphatic carbocycles. The molecule has 240 valence electrons. The van der Waals surface area contributed by atoms with Gasteiger partial charge in [0.2, 0.25) is 0 Å². The lowest BCUT2D eigenvalue weighted by atomic mass is 9.94. The van der Waals surface area contributed by atoms with Crippen LogP contribution in [-0.4, -0.2) is 11.6 Å². The van der Waals surface area contributed by atoms with E-state index >= 15 is 0 Å². The molecule has 3 aliphatic rings. The predicted molar refractivity (Wildman–Crippen MR) is 177 cm³/mol. The van der Waals surface area contributed by atoms with Gasteiger partial charge in [0.05, 0.1) is 15.3 Å². The quantitative estimate of drug-likeness (QED) is 0.0897. The molecule has 0 spiro atoms. The van der Waals surface area contributed by atoms with Gasteiger partial charge in [-0.3, -0.25) is 9.59 Å². The zero-order valence-corrected chi connectivity index (χ0v) is 27.1. The number of fused-ring (bicyclic) bond motifs is 5. The smallest absolute Gasteiger partial charge is 0.482 e. The summed E-state index contributed by atoms with van der Waals surface area (Å²) in [5, 5.41) is 19.3. The first-order valence-electron chi connectivity index (χ1n) is 14.3. The highest BCUT2D eigenvalue weighted by molar-refractivity contribution is 7.23. The number of Topliss-reactive ketones (excluding diaryl/α,β-unsaturated/α-hetero) is 2. The lowest BCUT2D eigenvalue weighted by molar-refractivity contribution is 0.103. The lowest BCUT2D eigenvalue weighted by Crippen LogP contribution is -2.27. The van der Waals surface area contributed by atoms with Gasteiger partial charge in [-0.1, -0.05) is 0 Å². The summed E-state index contributed by atoms with van der Waals surface area (Å²) in [6, 6.07) is 9.97. The summed E-state index contributed by atoms with van der Waals surface area (Å²) in [4.78, 5) is 35.7. The van der Waals surface area contributed by atoms with E-state index < -0.39 is 51.8 Å². The molecule has 2 aromatic carbocycles. The highest BCUT2D eigenvalue weighted by Crippen LogP contribution is 2.54. The molecule has 2 aromatic heterocycles. The molecule has 0 saturated heterocycles. The van der Waals surface area contributed by atoms with Gasteiger partial charge in [0.15, 0.2) is 34.8 Å². The molecule has 13 heteroatoms. The Labute approximate surface area is 288 Å². The van der Waals surface area contributed by atoms with Gasteiger partial charge in [0.1, 0.15) is 42.2 Å². The number of rotatable bonds is 2. The maximum atomic E-state index is 14.2. The molecule has 0 saturated carbocycles. The van der Waals surface area contributed by atoms with Crippen LogP contribution in [0.4, 0.5) is 17.6 Å². The van der Waals surface area contributed by atoms with E-state index in [1.165, 1.54) is 34.8 Å². The number of ether oxygens (including phenoxy) is 1. The minimum absolute atomic E-state index is 0.0578. The number of carbonyl (C=O) groups is 2. The molecule has 7 rings (SSSR count). The SMILES string of the molecule is [C-]#[N+]C([N+]#[C-])=C1/C(=C/c2cc3c(s2)-c2sc(/C=C4\C(=O)c5cc(F)c(F)cc5C4=C(C#N)C#N)cc2C(C)(C)O3)C(=O)c2cc(F)c(F)cc21. The molecule has 50 heavy (non-hydrogen) atoms. The average molecular weight is 703 g/mol. The fraction of sp³-hybridized carbons (Fsp3) is 0.0811.